The van der Waals surface area contributed by atoms with Crippen molar-refractivity contribution in [3.8, 4) is 0 Å². The van der Waals surface area contributed by atoms with Crippen molar-refractivity contribution in [2.45, 2.75) is 6.54 Å². The van der Waals surface area contributed by atoms with Gasteiger partial charge in [0.2, 0.25) is 0 Å². The Morgan fingerprint density at radius 3 is 2.76 bits per heavy atom. The Morgan fingerprint density at radius 1 is 1.16 bits per heavy atom. The van der Waals surface area contributed by atoms with Gasteiger partial charge >= 0.3 is 0 Å². The minimum absolute atomic E-state index is 0.285. The number of para-hydroxylation sites is 2. The van der Waals surface area contributed by atoms with Crippen molar-refractivity contribution in [1.29, 1.82) is 0 Å². The number of hydrogen-bond donors (Lipinski definition) is 2. The van der Waals surface area contributed by atoms with Crippen LogP contribution in [0.25, 0.3) is 10.9 Å². The Labute approximate surface area is 148 Å². The minimum Gasteiger partial charge on any atom is -0.349 e. The van der Waals surface area contributed by atoms with Crippen LogP contribution in [-0.2, 0) is 6.54 Å². The highest BCUT2D eigenvalue weighted by molar-refractivity contribution is 6.39. The van der Waals surface area contributed by atoms with Crippen molar-refractivity contribution in [2.75, 3.05) is 5.32 Å². The highest BCUT2D eigenvalue weighted by Gasteiger charge is 2.17. The summed E-state index contributed by atoms with van der Waals surface area (Å²) in [6, 6.07) is 15.1. The molecule has 0 aliphatic rings. The molecular weight excluding hydrogens is 338 g/mol. The molecule has 0 saturated carbocycles. The quantitative estimate of drug-likeness (QED) is 0.588. The Kier molecular flexibility index (Phi) is 3.95. The molecule has 0 spiro atoms. The van der Waals surface area contributed by atoms with Gasteiger partial charge in [0.1, 0.15) is 18.3 Å². The second kappa shape index (κ2) is 6.41. The number of amides is 1. The summed E-state index contributed by atoms with van der Waals surface area (Å²) in [6.07, 6.45) is 3.11. The fourth-order valence-electron chi connectivity index (χ4n) is 2.72. The Bertz CT molecular complexity index is 1040. The first kappa shape index (κ1) is 15.4. The van der Waals surface area contributed by atoms with Gasteiger partial charge in [-0.25, -0.2) is 9.67 Å². The third kappa shape index (κ3) is 2.99. The molecule has 4 rings (SSSR count). The van der Waals surface area contributed by atoms with E-state index in [1.807, 2.05) is 48.5 Å². The first-order valence-corrected chi connectivity index (χ1v) is 8.08. The zero-order chi connectivity index (χ0) is 17.2. The van der Waals surface area contributed by atoms with Gasteiger partial charge in [-0.05, 0) is 17.7 Å². The number of carbonyl (C=O) groups is 1. The van der Waals surface area contributed by atoms with E-state index in [1.165, 1.54) is 6.33 Å². The molecule has 0 unspecified atom stereocenters. The van der Waals surface area contributed by atoms with Crippen molar-refractivity contribution in [3.05, 3.63) is 77.5 Å². The lowest BCUT2D eigenvalue weighted by molar-refractivity contribution is 0.102. The van der Waals surface area contributed by atoms with Gasteiger partial charge in [-0.3, -0.25) is 4.79 Å². The minimum atomic E-state index is -0.285. The molecule has 6 nitrogen and oxygen atoms in total. The van der Waals surface area contributed by atoms with Gasteiger partial charge in [-0.1, -0.05) is 48.0 Å². The van der Waals surface area contributed by atoms with Crippen LogP contribution in [0.15, 0.2) is 61.2 Å². The number of rotatable bonds is 4. The number of anilines is 1. The molecule has 25 heavy (non-hydrogen) atoms. The average molecular weight is 352 g/mol. The second-order valence-corrected chi connectivity index (χ2v) is 5.94. The number of aromatic nitrogens is 4. The zero-order valence-electron chi connectivity index (χ0n) is 13.1. The van der Waals surface area contributed by atoms with E-state index in [4.69, 9.17) is 11.6 Å². The van der Waals surface area contributed by atoms with Gasteiger partial charge in [0.05, 0.1) is 11.6 Å². The molecule has 7 heteroatoms. The van der Waals surface area contributed by atoms with Crippen molar-refractivity contribution in [1.82, 2.24) is 19.7 Å². The van der Waals surface area contributed by atoms with E-state index in [0.717, 1.165) is 16.5 Å². The van der Waals surface area contributed by atoms with Crippen LogP contribution in [0.4, 0.5) is 5.69 Å². The smallest absolute Gasteiger partial charge is 0.273 e. The van der Waals surface area contributed by atoms with Gasteiger partial charge in [-0.15, -0.1) is 0 Å². The second-order valence-electron chi connectivity index (χ2n) is 5.56. The van der Waals surface area contributed by atoms with Gasteiger partial charge < -0.3 is 10.3 Å². The first-order chi connectivity index (χ1) is 12.2. The lowest BCUT2D eigenvalue weighted by Gasteiger charge is -2.10. The van der Waals surface area contributed by atoms with Crippen LogP contribution < -0.4 is 5.32 Å². The standard InChI is InChI=1S/C18H14ClN5O/c19-16-13-6-2-4-8-15(13)22-17(16)18(25)23-14-7-3-1-5-12(14)9-24-11-20-10-21-24/h1-8,10-11,22H,9H2,(H,23,25). The van der Waals surface area contributed by atoms with Crippen molar-refractivity contribution in [2.24, 2.45) is 0 Å². The average Bonchev–Trinajstić information content (AvgIpc) is 3.25. The third-order valence-electron chi connectivity index (χ3n) is 3.93. The number of fused-ring (bicyclic) bond motifs is 1. The lowest BCUT2D eigenvalue weighted by Crippen LogP contribution is -2.15. The number of carbonyl (C=O) groups excluding carboxylic acids is 1. The van der Waals surface area contributed by atoms with Crippen LogP contribution in [0, 0.1) is 0 Å². The van der Waals surface area contributed by atoms with Crippen LogP contribution >= 0.6 is 11.6 Å². The number of H-pyrrole nitrogens is 1. The molecule has 0 aliphatic carbocycles. The largest absolute Gasteiger partial charge is 0.349 e. The number of nitrogens with zero attached hydrogens (tertiary/aromatic N) is 3. The SMILES string of the molecule is O=C(Nc1ccccc1Cn1cncn1)c1[nH]c2ccccc2c1Cl. The molecule has 2 heterocycles. The summed E-state index contributed by atoms with van der Waals surface area (Å²) in [4.78, 5) is 19.7. The summed E-state index contributed by atoms with van der Waals surface area (Å²) in [7, 11) is 0. The maximum atomic E-state index is 12.7. The van der Waals surface area contributed by atoms with Gasteiger partial charge in [0, 0.05) is 16.6 Å². The summed E-state index contributed by atoms with van der Waals surface area (Å²) in [5, 5.41) is 8.27. The molecule has 0 fully saturated rings. The molecule has 124 valence electrons. The number of hydrogen-bond acceptors (Lipinski definition) is 3. The summed E-state index contributed by atoms with van der Waals surface area (Å²) in [6.45, 7) is 0.511. The molecule has 0 saturated heterocycles. The number of halogens is 1. The molecule has 2 N–H and O–H groups in total. The fraction of sp³-hybridized carbons (Fsp3) is 0.0556. The van der Waals surface area contributed by atoms with Gasteiger partial charge in [-0.2, -0.15) is 5.10 Å². The van der Waals surface area contributed by atoms with Gasteiger partial charge in [0.15, 0.2) is 0 Å². The number of aromatic amines is 1. The predicted octanol–water partition coefficient (Wildman–Crippen LogP) is 3.71. The van der Waals surface area contributed by atoms with E-state index >= 15 is 0 Å². The Morgan fingerprint density at radius 2 is 1.96 bits per heavy atom. The maximum absolute atomic E-state index is 12.7. The summed E-state index contributed by atoms with van der Waals surface area (Å²) < 4.78 is 1.70. The Balaban J connectivity index is 1.63. The Hall–Kier alpha value is -3.12. The van der Waals surface area contributed by atoms with Crippen molar-refractivity contribution < 1.29 is 4.79 Å². The zero-order valence-corrected chi connectivity index (χ0v) is 13.9. The topological polar surface area (TPSA) is 75.6 Å². The van der Waals surface area contributed by atoms with E-state index < -0.39 is 0 Å². The highest BCUT2D eigenvalue weighted by Crippen LogP contribution is 2.28. The maximum Gasteiger partial charge on any atom is 0.273 e. The van der Waals surface area contributed by atoms with E-state index in [9.17, 15) is 4.79 Å². The van der Waals surface area contributed by atoms with E-state index in [2.05, 4.69) is 20.4 Å². The molecule has 0 radical (unpaired) electrons. The fourth-order valence-corrected chi connectivity index (χ4v) is 3.02. The molecule has 2 aromatic carbocycles. The molecule has 0 atom stereocenters. The van der Waals surface area contributed by atoms with Crippen molar-refractivity contribution in [3.63, 3.8) is 0 Å². The van der Waals surface area contributed by atoms with Crippen LogP contribution in [0.1, 0.15) is 16.1 Å². The summed E-state index contributed by atoms with van der Waals surface area (Å²) >= 11 is 6.36. The van der Waals surface area contributed by atoms with E-state index in [1.54, 1.807) is 11.0 Å². The predicted molar refractivity (Wildman–Crippen MR) is 96.8 cm³/mol. The van der Waals surface area contributed by atoms with E-state index in [0.29, 0.717) is 22.9 Å². The number of nitrogens with one attached hydrogen (secondary N) is 2. The molecule has 2 aromatic heterocycles. The monoisotopic (exact) mass is 351 g/mol. The van der Waals surface area contributed by atoms with Crippen molar-refractivity contribution >= 4 is 34.1 Å². The van der Waals surface area contributed by atoms with Crippen LogP contribution in [-0.4, -0.2) is 25.7 Å². The molecule has 0 bridgehead atoms. The van der Waals surface area contributed by atoms with Gasteiger partial charge in [0.25, 0.3) is 5.91 Å². The summed E-state index contributed by atoms with van der Waals surface area (Å²) in [5.41, 5.74) is 2.80. The lowest BCUT2D eigenvalue weighted by atomic mass is 10.1. The van der Waals surface area contributed by atoms with E-state index in [-0.39, 0.29) is 5.91 Å². The highest BCUT2D eigenvalue weighted by atomic mass is 35.5. The molecule has 0 aliphatic heterocycles. The third-order valence-corrected chi connectivity index (χ3v) is 4.33. The van der Waals surface area contributed by atoms with Crippen LogP contribution in [0.5, 0.6) is 0 Å². The molecular formula is C18H14ClN5O. The molecule has 4 aromatic rings. The number of benzene rings is 2. The molecule has 1 amide bonds. The summed E-state index contributed by atoms with van der Waals surface area (Å²) in [5.74, 6) is -0.285. The van der Waals surface area contributed by atoms with Crippen LogP contribution in [0.2, 0.25) is 5.02 Å². The van der Waals surface area contributed by atoms with Crippen LogP contribution in [0.3, 0.4) is 0 Å². The normalized spacial score (nSPS) is 10.9. The first-order valence-electron chi connectivity index (χ1n) is 7.70.